The molecule has 2 heterocycles. The fourth-order valence-corrected chi connectivity index (χ4v) is 1.03. The van der Waals surface area contributed by atoms with Gasteiger partial charge in [-0.1, -0.05) is 12.1 Å². The molecule has 2 aromatic rings. The van der Waals surface area contributed by atoms with Gasteiger partial charge < -0.3 is 11.8 Å². The number of nitrogens with zero attached hydrogens (tertiary/aromatic N) is 2. The van der Waals surface area contributed by atoms with Crippen molar-refractivity contribution in [2.75, 3.05) is 0 Å². The molecule has 0 saturated heterocycles. The number of hydrogen-bond donors (Lipinski definition) is 0. The first-order valence-electron chi connectivity index (χ1n) is 6.79. The van der Waals surface area contributed by atoms with Gasteiger partial charge >= 0.3 is 20.4 Å². The van der Waals surface area contributed by atoms with Crippen LogP contribution in [0, 0.1) is 11.8 Å². The second-order valence-corrected chi connectivity index (χ2v) is 5.43. The Labute approximate surface area is 144 Å². The van der Waals surface area contributed by atoms with Gasteiger partial charge in [0.1, 0.15) is 0 Å². The second kappa shape index (κ2) is 13.9. The van der Waals surface area contributed by atoms with Gasteiger partial charge in [-0.05, 0) is 24.3 Å². The maximum absolute atomic E-state index is 4.19. The average molecular weight is 377 g/mol. The molecular formula is C18H26N2Pd. The molecule has 0 aliphatic carbocycles. The van der Waals surface area contributed by atoms with Crippen molar-refractivity contribution in [1.82, 2.24) is 9.97 Å². The Hall–Kier alpha value is -1.04. The maximum Gasteiger partial charge on any atom is 2.00 e. The standard InChI is InChI=1S/C10H8N2.2C4H9.Pd/c1-3-7-11-9(5-1)10-6-2-4-8-12-10;2*1-4(2)3;/h1-8H;2*1-3H3;/q;2*-1;+2. The summed E-state index contributed by atoms with van der Waals surface area (Å²) in [6.07, 6.45) is 3.54. The van der Waals surface area contributed by atoms with Crippen LogP contribution in [0.25, 0.3) is 11.4 Å². The molecule has 0 radical (unpaired) electrons. The van der Waals surface area contributed by atoms with Crippen LogP contribution in [0.4, 0.5) is 0 Å². The summed E-state index contributed by atoms with van der Waals surface area (Å²) >= 11 is 0. The molecule has 0 fully saturated rings. The second-order valence-electron chi connectivity index (χ2n) is 5.43. The van der Waals surface area contributed by atoms with E-state index in [1.54, 1.807) is 12.4 Å². The number of aromatic nitrogens is 2. The molecule has 118 valence electrons. The van der Waals surface area contributed by atoms with Crippen LogP contribution < -0.4 is 0 Å². The molecule has 0 atom stereocenters. The molecule has 3 heteroatoms. The predicted octanol–water partition coefficient (Wildman–Crippen LogP) is 5.38. The summed E-state index contributed by atoms with van der Waals surface area (Å²) in [5.74, 6) is 2.83. The van der Waals surface area contributed by atoms with Crippen molar-refractivity contribution in [2.24, 2.45) is 0 Å². The number of rotatable bonds is 1. The molecule has 2 nitrogen and oxygen atoms in total. The third-order valence-electron chi connectivity index (χ3n) is 1.59. The van der Waals surface area contributed by atoms with Crippen molar-refractivity contribution in [2.45, 2.75) is 41.5 Å². The predicted molar refractivity (Wildman–Crippen MR) is 88.0 cm³/mol. The van der Waals surface area contributed by atoms with Crippen LogP contribution >= 0.6 is 0 Å². The monoisotopic (exact) mass is 376 g/mol. The van der Waals surface area contributed by atoms with E-state index in [-0.39, 0.29) is 20.4 Å². The molecule has 2 aromatic heterocycles. The molecule has 0 amide bonds. The first-order chi connectivity index (χ1) is 9.43. The van der Waals surface area contributed by atoms with Gasteiger partial charge in [-0.15, -0.1) is 0 Å². The van der Waals surface area contributed by atoms with Gasteiger partial charge in [0.05, 0.1) is 11.4 Å². The summed E-state index contributed by atoms with van der Waals surface area (Å²) in [5, 5.41) is 0. The first-order valence-corrected chi connectivity index (χ1v) is 6.79. The molecule has 0 N–H and O–H groups in total. The van der Waals surface area contributed by atoms with E-state index in [1.165, 1.54) is 11.8 Å². The Morgan fingerprint density at radius 2 is 0.905 bits per heavy atom. The van der Waals surface area contributed by atoms with E-state index in [0.29, 0.717) is 0 Å². The van der Waals surface area contributed by atoms with Gasteiger partial charge in [0.25, 0.3) is 0 Å². The minimum Gasteiger partial charge on any atom is -0.323 e. The largest absolute Gasteiger partial charge is 2.00 e. The molecule has 21 heavy (non-hydrogen) atoms. The molecular weight excluding hydrogens is 351 g/mol. The fourth-order valence-electron chi connectivity index (χ4n) is 1.03. The molecule has 0 aliphatic rings. The minimum absolute atomic E-state index is 0. The summed E-state index contributed by atoms with van der Waals surface area (Å²) in [6.45, 7) is 12.5. The van der Waals surface area contributed by atoms with Gasteiger partial charge in [-0.25, -0.2) is 0 Å². The maximum atomic E-state index is 4.19. The van der Waals surface area contributed by atoms with Crippen molar-refractivity contribution in [3.8, 4) is 11.4 Å². The Balaban J connectivity index is 0. The zero-order chi connectivity index (χ0) is 15.4. The van der Waals surface area contributed by atoms with Crippen molar-refractivity contribution in [3.63, 3.8) is 0 Å². The van der Waals surface area contributed by atoms with Gasteiger partial charge in [0.2, 0.25) is 0 Å². The Morgan fingerprint density at radius 3 is 1.10 bits per heavy atom. The van der Waals surface area contributed by atoms with E-state index in [4.69, 9.17) is 0 Å². The van der Waals surface area contributed by atoms with Gasteiger partial charge in [0.15, 0.2) is 0 Å². The molecule has 0 bridgehead atoms. The summed E-state index contributed by atoms with van der Waals surface area (Å²) < 4.78 is 0. The van der Waals surface area contributed by atoms with Crippen molar-refractivity contribution in [1.29, 1.82) is 0 Å². The van der Waals surface area contributed by atoms with Crippen molar-refractivity contribution in [3.05, 3.63) is 60.6 Å². The van der Waals surface area contributed by atoms with E-state index in [0.717, 1.165) is 11.4 Å². The molecule has 2 rings (SSSR count). The van der Waals surface area contributed by atoms with Gasteiger partial charge in [0, 0.05) is 12.4 Å². The fraction of sp³-hybridized carbons (Fsp3) is 0.333. The first kappa shape index (κ1) is 22.2. The molecule has 0 aliphatic heterocycles. The summed E-state index contributed by atoms with van der Waals surface area (Å²) in [6, 6.07) is 11.6. The summed E-state index contributed by atoms with van der Waals surface area (Å²) in [7, 11) is 0. The molecule has 0 unspecified atom stereocenters. The molecule has 0 saturated carbocycles. The van der Waals surface area contributed by atoms with E-state index >= 15 is 0 Å². The topological polar surface area (TPSA) is 25.8 Å². The zero-order valence-corrected chi connectivity index (χ0v) is 15.4. The summed E-state index contributed by atoms with van der Waals surface area (Å²) in [4.78, 5) is 8.37. The number of pyridine rings is 2. The number of hydrogen-bond acceptors (Lipinski definition) is 2. The smallest absolute Gasteiger partial charge is 0.323 e. The molecule has 0 spiro atoms. The van der Waals surface area contributed by atoms with Crippen LogP contribution in [-0.4, -0.2) is 9.97 Å². The van der Waals surface area contributed by atoms with Crippen LogP contribution in [0.5, 0.6) is 0 Å². The van der Waals surface area contributed by atoms with Crippen LogP contribution in [-0.2, 0) is 20.4 Å². The van der Waals surface area contributed by atoms with Crippen molar-refractivity contribution >= 4 is 0 Å². The van der Waals surface area contributed by atoms with Gasteiger partial charge in [-0.3, -0.25) is 9.97 Å². The Kier molecular flexibility index (Phi) is 14.7. The van der Waals surface area contributed by atoms with E-state index in [9.17, 15) is 0 Å². The zero-order valence-electron chi connectivity index (χ0n) is 13.8. The van der Waals surface area contributed by atoms with Crippen molar-refractivity contribution < 1.29 is 20.4 Å². The summed E-state index contributed by atoms with van der Waals surface area (Å²) in [5.41, 5.74) is 1.83. The molecule has 0 aromatic carbocycles. The average Bonchev–Trinajstić information content (AvgIpc) is 2.39. The third-order valence-corrected chi connectivity index (χ3v) is 1.59. The van der Waals surface area contributed by atoms with Crippen LogP contribution in [0.3, 0.4) is 0 Å². The minimum atomic E-state index is 0. The van der Waals surface area contributed by atoms with Gasteiger partial charge in [-0.2, -0.15) is 41.5 Å². The van der Waals surface area contributed by atoms with E-state index in [1.807, 2.05) is 36.4 Å². The Bertz CT molecular complexity index is 378. The van der Waals surface area contributed by atoms with Crippen LogP contribution in [0.1, 0.15) is 41.5 Å². The van der Waals surface area contributed by atoms with E-state index in [2.05, 4.69) is 51.5 Å². The quantitative estimate of drug-likeness (QED) is 0.493. The SMILES string of the molecule is C[C-](C)C.C[C-](C)C.[Pd+2].c1ccc(-c2ccccn2)nc1. The van der Waals surface area contributed by atoms with Crippen LogP contribution in [0.2, 0.25) is 0 Å². The van der Waals surface area contributed by atoms with E-state index < -0.39 is 0 Å². The van der Waals surface area contributed by atoms with Crippen LogP contribution in [0.15, 0.2) is 48.8 Å². The normalized spacial score (nSPS) is 8.95. The Morgan fingerprint density at radius 1 is 0.619 bits per heavy atom. The third kappa shape index (κ3) is 15.2.